The van der Waals surface area contributed by atoms with Crippen LogP contribution in [0.5, 0.6) is 11.5 Å². The van der Waals surface area contributed by atoms with Gasteiger partial charge in [0.05, 0.1) is 6.20 Å². The molecule has 0 bridgehead atoms. The van der Waals surface area contributed by atoms with E-state index in [1.807, 2.05) is 26.0 Å². The summed E-state index contributed by atoms with van der Waals surface area (Å²) >= 11 is 0. The third-order valence-electron chi connectivity index (χ3n) is 2.51. The molecule has 5 heteroatoms. The Hall–Kier alpha value is -2.43. The molecule has 0 aliphatic heterocycles. The summed E-state index contributed by atoms with van der Waals surface area (Å²) in [6.45, 7) is 3.72. The van der Waals surface area contributed by atoms with Gasteiger partial charge in [0.15, 0.2) is 0 Å². The van der Waals surface area contributed by atoms with Crippen LogP contribution >= 0.6 is 0 Å². The van der Waals surface area contributed by atoms with Crippen LogP contribution in [0.2, 0.25) is 0 Å². The van der Waals surface area contributed by atoms with Gasteiger partial charge >= 0.3 is 0 Å². The Balaban J connectivity index is 2.27. The maximum absolute atomic E-state index is 11.6. The fourth-order valence-electron chi connectivity index (χ4n) is 1.59. The van der Waals surface area contributed by atoms with Crippen LogP contribution in [0.4, 0.5) is 0 Å². The van der Waals surface area contributed by atoms with Crippen LogP contribution in [0, 0.1) is 13.8 Å². The van der Waals surface area contributed by atoms with Crippen molar-refractivity contribution in [1.29, 1.82) is 0 Å². The average Bonchev–Trinajstić information content (AvgIpc) is 2.40. The second kappa shape index (κ2) is 5.48. The SMILES string of the molecule is CNC(=O)c1cc(Oc2ccc(C)nc2)cc(C)n1. The molecule has 0 atom stereocenters. The minimum absolute atomic E-state index is 0.240. The Labute approximate surface area is 111 Å². The predicted molar refractivity (Wildman–Crippen MR) is 71.4 cm³/mol. The summed E-state index contributed by atoms with van der Waals surface area (Å²) < 4.78 is 5.67. The summed E-state index contributed by atoms with van der Waals surface area (Å²) in [4.78, 5) is 19.9. The number of aryl methyl sites for hydroxylation is 2. The molecule has 0 aliphatic carbocycles. The number of hydrogen-bond acceptors (Lipinski definition) is 4. The molecule has 0 saturated carbocycles. The first-order chi connectivity index (χ1) is 9.08. The summed E-state index contributed by atoms with van der Waals surface area (Å²) in [6, 6.07) is 7.07. The van der Waals surface area contributed by atoms with E-state index in [2.05, 4.69) is 15.3 Å². The van der Waals surface area contributed by atoms with Gasteiger partial charge in [-0.3, -0.25) is 9.78 Å². The van der Waals surface area contributed by atoms with Crippen molar-refractivity contribution in [3.8, 4) is 11.5 Å². The number of aromatic nitrogens is 2. The Bertz CT molecular complexity index is 594. The van der Waals surface area contributed by atoms with Gasteiger partial charge in [0.2, 0.25) is 0 Å². The first-order valence-corrected chi connectivity index (χ1v) is 5.90. The molecule has 2 heterocycles. The van der Waals surface area contributed by atoms with Crippen LogP contribution in [0.15, 0.2) is 30.5 Å². The monoisotopic (exact) mass is 257 g/mol. The molecule has 0 unspecified atom stereocenters. The lowest BCUT2D eigenvalue weighted by molar-refractivity contribution is 0.0957. The minimum Gasteiger partial charge on any atom is -0.456 e. The summed E-state index contributed by atoms with van der Waals surface area (Å²) in [5, 5.41) is 2.54. The summed E-state index contributed by atoms with van der Waals surface area (Å²) in [6.07, 6.45) is 1.64. The highest BCUT2D eigenvalue weighted by molar-refractivity contribution is 5.92. The van der Waals surface area contributed by atoms with E-state index in [9.17, 15) is 4.79 Å². The van der Waals surface area contributed by atoms with Crippen molar-refractivity contribution in [2.45, 2.75) is 13.8 Å². The van der Waals surface area contributed by atoms with E-state index in [1.54, 1.807) is 25.4 Å². The molecule has 0 aromatic carbocycles. The molecule has 1 amide bonds. The van der Waals surface area contributed by atoms with E-state index < -0.39 is 0 Å². The average molecular weight is 257 g/mol. The zero-order valence-corrected chi connectivity index (χ0v) is 11.1. The van der Waals surface area contributed by atoms with E-state index in [1.165, 1.54) is 0 Å². The highest BCUT2D eigenvalue weighted by atomic mass is 16.5. The van der Waals surface area contributed by atoms with Gasteiger partial charge in [-0.1, -0.05) is 0 Å². The van der Waals surface area contributed by atoms with Crippen molar-refractivity contribution in [3.05, 3.63) is 47.5 Å². The quantitative estimate of drug-likeness (QED) is 0.916. The Morgan fingerprint density at radius 1 is 1.16 bits per heavy atom. The van der Waals surface area contributed by atoms with Crippen molar-refractivity contribution < 1.29 is 9.53 Å². The van der Waals surface area contributed by atoms with Gasteiger partial charge in [0.1, 0.15) is 17.2 Å². The first-order valence-electron chi connectivity index (χ1n) is 5.90. The number of rotatable bonds is 3. The minimum atomic E-state index is -0.240. The number of amides is 1. The van der Waals surface area contributed by atoms with Gasteiger partial charge in [0, 0.05) is 30.6 Å². The molecule has 0 saturated heterocycles. The Kier molecular flexibility index (Phi) is 3.75. The zero-order valence-electron chi connectivity index (χ0n) is 11.1. The van der Waals surface area contributed by atoms with Gasteiger partial charge in [-0.25, -0.2) is 4.98 Å². The van der Waals surface area contributed by atoms with Crippen LogP contribution in [0.3, 0.4) is 0 Å². The van der Waals surface area contributed by atoms with Gasteiger partial charge in [0.25, 0.3) is 5.91 Å². The highest BCUT2D eigenvalue weighted by Gasteiger charge is 2.08. The number of nitrogens with zero attached hydrogens (tertiary/aromatic N) is 2. The Morgan fingerprint density at radius 3 is 2.58 bits per heavy atom. The van der Waals surface area contributed by atoms with Crippen LogP contribution in [-0.4, -0.2) is 22.9 Å². The summed E-state index contributed by atoms with van der Waals surface area (Å²) in [5.41, 5.74) is 1.97. The summed E-state index contributed by atoms with van der Waals surface area (Å²) in [7, 11) is 1.57. The molecule has 0 radical (unpaired) electrons. The lowest BCUT2D eigenvalue weighted by Crippen LogP contribution is -2.19. The normalized spacial score (nSPS) is 10.1. The zero-order chi connectivity index (χ0) is 13.8. The number of ether oxygens (including phenoxy) is 1. The molecule has 2 rings (SSSR count). The van der Waals surface area contributed by atoms with Gasteiger partial charge in [-0.15, -0.1) is 0 Å². The maximum Gasteiger partial charge on any atom is 0.269 e. The van der Waals surface area contributed by atoms with Crippen molar-refractivity contribution in [2.24, 2.45) is 0 Å². The molecule has 0 spiro atoms. The topological polar surface area (TPSA) is 64.1 Å². The second-order valence-corrected chi connectivity index (χ2v) is 4.15. The highest BCUT2D eigenvalue weighted by Crippen LogP contribution is 2.22. The first kappa shape index (κ1) is 13.0. The molecular weight excluding hydrogens is 242 g/mol. The second-order valence-electron chi connectivity index (χ2n) is 4.15. The fourth-order valence-corrected chi connectivity index (χ4v) is 1.59. The van der Waals surface area contributed by atoms with Crippen LogP contribution in [-0.2, 0) is 0 Å². The van der Waals surface area contributed by atoms with Gasteiger partial charge < -0.3 is 10.1 Å². The van der Waals surface area contributed by atoms with Gasteiger partial charge in [-0.2, -0.15) is 0 Å². The number of pyridine rings is 2. The molecule has 2 aromatic heterocycles. The molecule has 0 fully saturated rings. The van der Waals surface area contributed by atoms with E-state index in [0.29, 0.717) is 17.2 Å². The number of carbonyl (C=O) groups excluding carboxylic acids is 1. The number of nitrogens with one attached hydrogen (secondary N) is 1. The smallest absolute Gasteiger partial charge is 0.269 e. The standard InChI is InChI=1S/C14H15N3O2/c1-9-4-5-11(8-16-9)19-12-6-10(2)17-13(7-12)14(18)15-3/h4-8H,1-3H3,(H,15,18). The van der Waals surface area contributed by atoms with Crippen molar-refractivity contribution in [1.82, 2.24) is 15.3 Å². The fraction of sp³-hybridized carbons (Fsp3) is 0.214. The molecule has 5 nitrogen and oxygen atoms in total. The largest absolute Gasteiger partial charge is 0.456 e. The molecule has 0 aliphatic rings. The van der Waals surface area contributed by atoms with Crippen molar-refractivity contribution >= 4 is 5.91 Å². The lowest BCUT2D eigenvalue weighted by Gasteiger charge is -2.08. The van der Waals surface area contributed by atoms with E-state index in [0.717, 1.165) is 11.4 Å². The van der Waals surface area contributed by atoms with Crippen LogP contribution in [0.25, 0.3) is 0 Å². The third kappa shape index (κ3) is 3.28. The van der Waals surface area contributed by atoms with Crippen LogP contribution in [0.1, 0.15) is 21.9 Å². The summed E-state index contributed by atoms with van der Waals surface area (Å²) in [5.74, 6) is 0.950. The molecule has 98 valence electrons. The third-order valence-corrected chi connectivity index (χ3v) is 2.51. The predicted octanol–water partition coefficient (Wildman–Crippen LogP) is 2.25. The maximum atomic E-state index is 11.6. The van der Waals surface area contributed by atoms with E-state index >= 15 is 0 Å². The molecule has 19 heavy (non-hydrogen) atoms. The molecule has 1 N–H and O–H groups in total. The van der Waals surface area contributed by atoms with E-state index in [4.69, 9.17) is 4.74 Å². The van der Waals surface area contributed by atoms with Gasteiger partial charge in [-0.05, 0) is 26.0 Å². The molecule has 2 aromatic rings. The van der Waals surface area contributed by atoms with Crippen molar-refractivity contribution in [2.75, 3.05) is 7.05 Å². The van der Waals surface area contributed by atoms with Crippen molar-refractivity contribution in [3.63, 3.8) is 0 Å². The Morgan fingerprint density at radius 2 is 1.95 bits per heavy atom. The molecular formula is C14H15N3O2. The number of hydrogen-bond donors (Lipinski definition) is 1. The number of carbonyl (C=O) groups is 1. The van der Waals surface area contributed by atoms with Crippen LogP contribution < -0.4 is 10.1 Å². The lowest BCUT2D eigenvalue weighted by atomic mass is 10.2. The van der Waals surface area contributed by atoms with E-state index in [-0.39, 0.29) is 5.91 Å².